The highest BCUT2D eigenvalue weighted by Crippen LogP contribution is 2.57. The van der Waals surface area contributed by atoms with Crippen LogP contribution in [0.3, 0.4) is 0 Å². The topological polar surface area (TPSA) is 90.0 Å². The lowest BCUT2D eigenvalue weighted by Crippen LogP contribution is -2.56. The first-order chi connectivity index (χ1) is 14.7. The molecule has 1 aliphatic heterocycles. The van der Waals surface area contributed by atoms with Crippen LogP contribution in [0.25, 0.3) is 0 Å². The first-order valence-corrected chi connectivity index (χ1v) is 11.8. The summed E-state index contributed by atoms with van der Waals surface area (Å²) in [5, 5.41) is 10.2. The highest BCUT2D eigenvalue weighted by atomic mass is 35.5. The van der Waals surface area contributed by atoms with Crippen molar-refractivity contribution < 1.29 is 22.7 Å². The normalized spacial score (nSPS) is 26.6. The van der Waals surface area contributed by atoms with Crippen LogP contribution in [-0.4, -0.2) is 55.5 Å². The molecule has 1 saturated heterocycles. The summed E-state index contributed by atoms with van der Waals surface area (Å²) in [5.74, 6) is -2.51. The maximum atomic E-state index is 14.2. The van der Waals surface area contributed by atoms with Crippen LogP contribution in [0.2, 0.25) is 5.02 Å². The van der Waals surface area contributed by atoms with E-state index in [-0.39, 0.29) is 31.2 Å². The maximum absolute atomic E-state index is 14.2. The van der Waals surface area contributed by atoms with E-state index in [2.05, 4.69) is 4.72 Å². The molecular weight excluding hydrogens is 445 g/mol. The van der Waals surface area contributed by atoms with E-state index < -0.39 is 39.4 Å². The van der Waals surface area contributed by atoms with E-state index in [9.17, 15) is 22.7 Å². The summed E-state index contributed by atoms with van der Waals surface area (Å²) in [6, 6.07) is 13.4. The van der Waals surface area contributed by atoms with Gasteiger partial charge in [0.25, 0.3) is 10.2 Å². The molecule has 1 heterocycles. The number of benzene rings is 2. The molecule has 0 bridgehead atoms. The van der Waals surface area contributed by atoms with Crippen LogP contribution in [0.15, 0.2) is 48.5 Å². The highest BCUT2D eigenvalue weighted by molar-refractivity contribution is 7.87. The molecule has 166 valence electrons. The smallest absolute Gasteiger partial charge is 0.325 e. The minimum atomic E-state index is -4.06. The summed E-state index contributed by atoms with van der Waals surface area (Å²) in [4.78, 5) is 13.9. The summed E-state index contributed by atoms with van der Waals surface area (Å²) in [7, 11) is -4.06. The predicted molar refractivity (Wildman–Crippen MR) is 116 cm³/mol. The summed E-state index contributed by atoms with van der Waals surface area (Å²) in [5.41, 5.74) is -0.445. The van der Waals surface area contributed by atoms with E-state index in [1.54, 1.807) is 48.2 Å². The van der Waals surface area contributed by atoms with Crippen LogP contribution in [0.4, 0.5) is 10.1 Å². The fourth-order valence-corrected chi connectivity index (χ4v) is 6.24. The minimum absolute atomic E-state index is 0.109. The first kappa shape index (κ1) is 22.0. The van der Waals surface area contributed by atoms with Crippen molar-refractivity contribution in [2.75, 3.05) is 31.1 Å². The van der Waals surface area contributed by atoms with Gasteiger partial charge >= 0.3 is 5.97 Å². The monoisotopic (exact) mass is 467 g/mol. The van der Waals surface area contributed by atoms with Crippen LogP contribution in [0.1, 0.15) is 18.4 Å². The second-order valence-corrected chi connectivity index (χ2v) is 10.0. The fraction of sp³-hybridized carbons (Fsp3) is 0.381. The standard InChI is InChI=1S/C21H23ClFN3O4S/c1-14-19(15-5-3-2-4-6-15)21(14,20(27)28)24-31(29,30)26-11-9-25(10-12-26)18-8-7-16(22)13-17(18)23/h2-8,13-14,19,24H,9-12H2,1H3,(H,27,28)/t14?,19-,21+/m1/s1. The average Bonchev–Trinajstić information content (AvgIpc) is 3.32. The molecular formula is C21H23ClFN3O4S. The van der Waals surface area contributed by atoms with E-state index in [0.717, 1.165) is 5.56 Å². The molecule has 4 rings (SSSR count). The average molecular weight is 468 g/mol. The van der Waals surface area contributed by atoms with Crippen molar-refractivity contribution in [1.82, 2.24) is 9.03 Å². The summed E-state index contributed by atoms with van der Waals surface area (Å²) >= 11 is 5.80. The molecule has 0 aromatic heterocycles. The van der Waals surface area contributed by atoms with Crippen LogP contribution >= 0.6 is 11.6 Å². The number of carboxylic acid groups (broad SMARTS) is 1. The van der Waals surface area contributed by atoms with Gasteiger partial charge in [-0.25, -0.2) is 4.39 Å². The van der Waals surface area contributed by atoms with Crippen molar-refractivity contribution >= 4 is 33.5 Å². The number of nitrogens with zero attached hydrogens (tertiary/aromatic N) is 2. The Balaban J connectivity index is 1.48. The molecule has 1 unspecified atom stereocenters. The fourth-order valence-electron chi connectivity index (χ4n) is 4.49. The maximum Gasteiger partial charge on any atom is 0.325 e. The number of aliphatic carboxylic acids is 1. The summed E-state index contributed by atoms with van der Waals surface area (Å²) in [6.45, 7) is 2.50. The zero-order valence-electron chi connectivity index (χ0n) is 16.8. The van der Waals surface area contributed by atoms with E-state index >= 15 is 0 Å². The quantitative estimate of drug-likeness (QED) is 0.681. The second-order valence-electron chi connectivity index (χ2n) is 7.94. The van der Waals surface area contributed by atoms with Gasteiger partial charge in [0.2, 0.25) is 0 Å². The van der Waals surface area contributed by atoms with Gasteiger partial charge in [-0.15, -0.1) is 0 Å². The molecule has 0 radical (unpaired) electrons. The predicted octanol–water partition coefficient (Wildman–Crippen LogP) is 2.69. The number of carboxylic acids is 1. The minimum Gasteiger partial charge on any atom is -0.480 e. The number of piperazine rings is 1. The van der Waals surface area contributed by atoms with Gasteiger partial charge in [0.1, 0.15) is 11.4 Å². The molecule has 7 nitrogen and oxygen atoms in total. The molecule has 2 fully saturated rings. The number of anilines is 1. The molecule has 3 atom stereocenters. The van der Waals surface area contributed by atoms with E-state index in [4.69, 9.17) is 11.6 Å². The van der Waals surface area contributed by atoms with E-state index in [0.29, 0.717) is 5.69 Å². The van der Waals surface area contributed by atoms with Crippen molar-refractivity contribution in [2.24, 2.45) is 5.92 Å². The summed E-state index contributed by atoms with van der Waals surface area (Å²) < 4.78 is 44.0. The zero-order chi connectivity index (χ0) is 22.4. The van der Waals surface area contributed by atoms with Crippen LogP contribution < -0.4 is 9.62 Å². The lowest BCUT2D eigenvalue weighted by molar-refractivity contribution is -0.140. The van der Waals surface area contributed by atoms with Crippen molar-refractivity contribution in [3.05, 3.63) is 64.9 Å². The molecule has 2 N–H and O–H groups in total. The van der Waals surface area contributed by atoms with Gasteiger partial charge in [-0.2, -0.15) is 17.4 Å². The molecule has 0 amide bonds. The zero-order valence-corrected chi connectivity index (χ0v) is 18.4. The van der Waals surface area contributed by atoms with Gasteiger partial charge in [0.05, 0.1) is 5.69 Å². The number of halogens is 2. The van der Waals surface area contributed by atoms with Crippen LogP contribution in [0, 0.1) is 11.7 Å². The third kappa shape index (κ3) is 3.91. The highest BCUT2D eigenvalue weighted by Gasteiger charge is 2.70. The van der Waals surface area contributed by atoms with Gasteiger partial charge in [-0.05, 0) is 29.7 Å². The molecule has 0 spiro atoms. The lowest BCUT2D eigenvalue weighted by atomic mass is 10.1. The van der Waals surface area contributed by atoms with Crippen molar-refractivity contribution in [1.29, 1.82) is 0 Å². The Morgan fingerprint density at radius 1 is 1.16 bits per heavy atom. The Hall–Kier alpha value is -2.20. The second kappa shape index (κ2) is 8.05. The number of nitrogens with one attached hydrogen (secondary N) is 1. The number of carbonyl (C=O) groups is 1. The Kier molecular flexibility index (Phi) is 5.72. The first-order valence-electron chi connectivity index (χ1n) is 9.94. The van der Waals surface area contributed by atoms with E-state index in [1.165, 1.54) is 10.4 Å². The van der Waals surface area contributed by atoms with Gasteiger partial charge < -0.3 is 10.0 Å². The molecule has 2 aliphatic rings. The summed E-state index contributed by atoms with van der Waals surface area (Å²) in [6.07, 6.45) is 0. The molecule has 2 aromatic rings. The Morgan fingerprint density at radius 2 is 1.81 bits per heavy atom. The molecule has 1 saturated carbocycles. The third-order valence-corrected chi connectivity index (χ3v) is 8.11. The number of hydrogen-bond donors (Lipinski definition) is 2. The van der Waals surface area contributed by atoms with Crippen LogP contribution in [-0.2, 0) is 15.0 Å². The Morgan fingerprint density at radius 3 is 2.39 bits per heavy atom. The number of rotatable bonds is 6. The SMILES string of the molecule is CC1[C@H](c2ccccc2)[C@]1(NS(=O)(=O)N1CCN(c2ccc(Cl)cc2F)CC1)C(=O)O. The van der Waals surface area contributed by atoms with Crippen LogP contribution in [0.5, 0.6) is 0 Å². The number of hydrogen-bond acceptors (Lipinski definition) is 4. The largest absolute Gasteiger partial charge is 0.480 e. The van der Waals surface area contributed by atoms with Gasteiger partial charge in [-0.3, -0.25) is 4.79 Å². The Bertz CT molecular complexity index is 1090. The van der Waals surface area contributed by atoms with Crippen molar-refractivity contribution in [2.45, 2.75) is 18.4 Å². The van der Waals surface area contributed by atoms with Gasteiger partial charge in [0.15, 0.2) is 0 Å². The van der Waals surface area contributed by atoms with Gasteiger partial charge in [0, 0.05) is 37.1 Å². The third-order valence-electron chi connectivity index (χ3n) is 6.24. The van der Waals surface area contributed by atoms with Crippen molar-refractivity contribution in [3.63, 3.8) is 0 Å². The molecule has 31 heavy (non-hydrogen) atoms. The molecule has 1 aliphatic carbocycles. The van der Waals surface area contributed by atoms with Gasteiger partial charge in [-0.1, -0.05) is 48.9 Å². The molecule has 10 heteroatoms. The Labute approximate surface area is 185 Å². The lowest BCUT2D eigenvalue weighted by Gasteiger charge is -2.36. The van der Waals surface area contributed by atoms with E-state index in [1.807, 2.05) is 6.07 Å². The van der Waals surface area contributed by atoms with Crippen molar-refractivity contribution in [3.8, 4) is 0 Å². The molecule has 2 aromatic carbocycles.